The fraction of sp³-hybridized carbons (Fsp3) is 0.462. The van der Waals surface area contributed by atoms with E-state index in [4.69, 9.17) is 5.11 Å². The maximum absolute atomic E-state index is 11.8. The van der Waals surface area contributed by atoms with Crippen molar-refractivity contribution in [3.63, 3.8) is 0 Å². The highest BCUT2D eigenvalue weighted by atomic mass is 16.3. The van der Waals surface area contributed by atoms with Crippen LogP contribution in [0.3, 0.4) is 0 Å². The minimum atomic E-state index is -0.797. The Hall–Kier alpha value is -1.59. The van der Waals surface area contributed by atoms with E-state index in [9.17, 15) is 9.90 Å². The Morgan fingerprint density at radius 1 is 1.44 bits per heavy atom. The number of anilines is 1. The summed E-state index contributed by atoms with van der Waals surface area (Å²) in [6.07, 6.45) is 1.33. The number of aliphatic hydroxyl groups is 2. The third-order valence-electron chi connectivity index (χ3n) is 2.79. The van der Waals surface area contributed by atoms with E-state index >= 15 is 0 Å². The van der Waals surface area contributed by atoms with Crippen LogP contribution in [-0.2, 0) is 0 Å². The van der Waals surface area contributed by atoms with Crippen LogP contribution in [-0.4, -0.2) is 41.4 Å². The average molecular weight is 250 g/mol. The number of amides is 1. The van der Waals surface area contributed by atoms with Crippen molar-refractivity contribution in [2.24, 2.45) is 0 Å². The molecule has 0 aliphatic heterocycles. The van der Waals surface area contributed by atoms with Gasteiger partial charge in [0.25, 0.3) is 5.91 Å². The van der Waals surface area contributed by atoms with E-state index in [1.54, 1.807) is 18.2 Å². The van der Waals surface area contributed by atoms with Crippen molar-refractivity contribution >= 4 is 11.6 Å². The number of carbonyl (C=O) groups excluding carboxylic acids is 1. The molecule has 1 aromatic carbocycles. The minimum absolute atomic E-state index is 0.0659. The van der Waals surface area contributed by atoms with Gasteiger partial charge in [-0.25, -0.2) is 0 Å². The lowest BCUT2D eigenvalue weighted by atomic mass is 10.2. The normalized spacial score (nSPS) is 16.1. The first-order valence-corrected chi connectivity index (χ1v) is 6.13. The summed E-state index contributed by atoms with van der Waals surface area (Å²) in [6, 6.07) is 7.44. The van der Waals surface area contributed by atoms with Crippen molar-refractivity contribution in [3.05, 3.63) is 29.8 Å². The molecule has 0 saturated heterocycles. The van der Waals surface area contributed by atoms with Crippen LogP contribution < -0.4 is 10.6 Å². The summed E-state index contributed by atoms with van der Waals surface area (Å²) < 4.78 is 0. The third kappa shape index (κ3) is 3.72. The van der Waals surface area contributed by atoms with Gasteiger partial charge in [-0.15, -0.1) is 0 Å². The minimum Gasteiger partial charge on any atom is -0.394 e. The molecule has 0 bridgehead atoms. The lowest BCUT2D eigenvalue weighted by Gasteiger charge is -2.11. The van der Waals surface area contributed by atoms with Crippen molar-refractivity contribution in [1.29, 1.82) is 0 Å². The lowest BCUT2D eigenvalue weighted by Crippen LogP contribution is -2.26. The molecule has 98 valence electrons. The van der Waals surface area contributed by atoms with Crippen molar-refractivity contribution in [1.82, 2.24) is 5.32 Å². The molecule has 0 heterocycles. The van der Waals surface area contributed by atoms with E-state index < -0.39 is 6.10 Å². The molecule has 1 atom stereocenters. The Bertz CT molecular complexity index is 418. The van der Waals surface area contributed by atoms with Gasteiger partial charge in [0.2, 0.25) is 0 Å². The molecule has 0 aromatic heterocycles. The van der Waals surface area contributed by atoms with Crippen molar-refractivity contribution in [2.45, 2.75) is 25.0 Å². The van der Waals surface area contributed by atoms with Crippen molar-refractivity contribution < 1.29 is 15.0 Å². The Balaban J connectivity index is 1.93. The summed E-state index contributed by atoms with van der Waals surface area (Å²) in [5.41, 5.74) is 1.36. The first-order chi connectivity index (χ1) is 8.69. The highest BCUT2D eigenvalue weighted by molar-refractivity contribution is 5.95. The van der Waals surface area contributed by atoms with Crippen LogP contribution in [0.2, 0.25) is 0 Å². The Morgan fingerprint density at radius 3 is 2.89 bits per heavy atom. The van der Waals surface area contributed by atoms with E-state index in [1.807, 2.05) is 6.07 Å². The Kier molecular flexibility index (Phi) is 4.17. The number of aliphatic hydroxyl groups excluding tert-OH is 2. The second-order valence-corrected chi connectivity index (χ2v) is 4.55. The Morgan fingerprint density at radius 2 is 2.22 bits per heavy atom. The van der Waals surface area contributed by atoms with Crippen LogP contribution in [0.4, 0.5) is 5.69 Å². The second kappa shape index (κ2) is 5.84. The zero-order valence-corrected chi connectivity index (χ0v) is 10.1. The van der Waals surface area contributed by atoms with Gasteiger partial charge in [0, 0.05) is 23.8 Å². The summed E-state index contributed by atoms with van der Waals surface area (Å²) in [7, 11) is 0. The molecule has 1 unspecified atom stereocenters. The zero-order valence-electron chi connectivity index (χ0n) is 10.1. The van der Waals surface area contributed by atoms with Gasteiger partial charge < -0.3 is 20.8 Å². The van der Waals surface area contributed by atoms with Crippen LogP contribution in [0.15, 0.2) is 24.3 Å². The number of benzene rings is 1. The molecule has 1 fully saturated rings. The summed E-state index contributed by atoms with van der Waals surface area (Å²) in [4.78, 5) is 11.8. The van der Waals surface area contributed by atoms with Gasteiger partial charge in [-0.05, 0) is 31.0 Å². The van der Waals surface area contributed by atoms with E-state index in [0.29, 0.717) is 11.6 Å². The molecule has 5 heteroatoms. The zero-order chi connectivity index (χ0) is 13.0. The van der Waals surface area contributed by atoms with Crippen molar-refractivity contribution in [3.8, 4) is 0 Å². The molecule has 5 nitrogen and oxygen atoms in total. The van der Waals surface area contributed by atoms with Crippen LogP contribution in [0.5, 0.6) is 0 Å². The maximum Gasteiger partial charge on any atom is 0.251 e. The number of rotatable bonds is 6. The standard InChI is InChI=1S/C13H18N2O3/c16-8-12(17)7-14-11-3-1-2-9(6-11)13(18)15-10-4-5-10/h1-3,6,10,12,14,16-17H,4-5,7-8H2,(H,15,18). The number of carbonyl (C=O) groups is 1. The van der Waals surface area contributed by atoms with Crippen LogP contribution >= 0.6 is 0 Å². The Labute approximate surface area is 106 Å². The molecule has 1 saturated carbocycles. The first-order valence-electron chi connectivity index (χ1n) is 6.13. The van der Waals surface area contributed by atoms with Gasteiger partial charge in [-0.1, -0.05) is 6.07 Å². The predicted octanol–water partition coefficient (Wildman–Crippen LogP) is 0.344. The highest BCUT2D eigenvalue weighted by Gasteiger charge is 2.23. The second-order valence-electron chi connectivity index (χ2n) is 4.55. The molecule has 1 aliphatic rings. The molecule has 0 radical (unpaired) electrons. The monoisotopic (exact) mass is 250 g/mol. The third-order valence-corrected chi connectivity index (χ3v) is 2.79. The predicted molar refractivity (Wildman–Crippen MR) is 68.5 cm³/mol. The van der Waals surface area contributed by atoms with E-state index in [-0.39, 0.29) is 19.1 Å². The van der Waals surface area contributed by atoms with Crippen LogP contribution in [0.25, 0.3) is 0 Å². The van der Waals surface area contributed by atoms with E-state index in [2.05, 4.69) is 10.6 Å². The molecule has 1 aliphatic carbocycles. The van der Waals surface area contributed by atoms with Crippen LogP contribution in [0, 0.1) is 0 Å². The molecule has 18 heavy (non-hydrogen) atoms. The summed E-state index contributed by atoms with van der Waals surface area (Å²) >= 11 is 0. The maximum atomic E-state index is 11.8. The van der Waals surface area contributed by atoms with E-state index in [0.717, 1.165) is 18.5 Å². The molecular weight excluding hydrogens is 232 g/mol. The average Bonchev–Trinajstić information content (AvgIpc) is 3.20. The highest BCUT2D eigenvalue weighted by Crippen LogP contribution is 2.20. The summed E-state index contributed by atoms with van der Waals surface area (Å²) in [6.45, 7) is -0.0287. The molecule has 1 amide bonds. The molecule has 0 spiro atoms. The van der Waals surface area contributed by atoms with Gasteiger partial charge in [0.1, 0.15) is 0 Å². The first kappa shape index (κ1) is 12.9. The van der Waals surface area contributed by atoms with Gasteiger partial charge in [0.05, 0.1) is 12.7 Å². The number of hydrogen-bond donors (Lipinski definition) is 4. The lowest BCUT2D eigenvalue weighted by molar-refractivity contribution is 0.0951. The summed E-state index contributed by atoms with van der Waals surface area (Å²) in [5.74, 6) is -0.0659. The number of nitrogens with one attached hydrogen (secondary N) is 2. The molecule has 1 aromatic rings. The fourth-order valence-electron chi connectivity index (χ4n) is 1.57. The SMILES string of the molecule is O=C(NC1CC1)c1cccc(NCC(O)CO)c1. The largest absolute Gasteiger partial charge is 0.394 e. The molecule has 2 rings (SSSR count). The van der Waals surface area contributed by atoms with Gasteiger partial charge in [0.15, 0.2) is 0 Å². The fourth-order valence-corrected chi connectivity index (χ4v) is 1.57. The topological polar surface area (TPSA) is 81.6 Å². The molecular formula is C13H18N2O3. The van der Waals surface area contributed by atoms with Gasteiger partial charge in [-0.2, -0.15) is 0 Å². The van der Waals surface area contributed by atoms with Crippen molar-refractivity contribution in [2.75, 3.05) is 18.5 Å². The number of hydrogen-bond acceptors (Lipinski definition) is 4. The smallest absolute Gasteiger partial charge is 0.251 e. The summed E-state index contributed by atoms with van der Waals surface area (Å²) in [5, 5.41) is 23.8. The quantitative estimate of drug-likeness (QED) is 0.587. The molecule has 4 N–H and O–H groups in total. The van der Waals surface area contributed by atoms with E-state index in [1.165, 1.54) is 0 Å². The van der Waals surface area contributed by atoms with Gasteiger partial charge >= 0.3 is 0 Å². The van der Waals surface area contributed by atoms with Crippen LogP contribution in [0.1, 0.15) is 23.2 Å². The van der Waals surface area contributed by atoms with Gasteiger partial charge in [-0.3, -0.25) is 4.79 Å².